The molecule has 1 atom stereocenters. The maximum atomic E-state index is 13.5. The van der Waals surface area contributed by atoms with Crippen LogP contribution in [0.5, 0.6) is 5.75 Å². The van der Waals surface area contributed by atoms with Gasteiger partial charge in [-0.2, -0.15) is 0 Å². The molecule has 0 aromatic heterocycles. The van der Waals surface area contributed by atoms with Crippen molar-refractivity contribution < 1.29 is 14.3 Å². The predicted molar refractivity (Wildman–Crippen MR) is 123 cm³/mol. The van der Waals surface area contributed by atoms with Crippen LogP contribution in [0.2, 0.25) is 0 Å². The van der Waals surface area contributed by atoms with Gasteiger partial charge in [-0.15, -0.1) is 0 Å². The average molecular weight is 418 g/mol. The van der Waals surface area contributed by atoms with E-state index in [0.29, 0.717) is 25.9 Å². The molecule has 1 amide bonds. The maximum absolute atomic E-state index is 13.5. The standard InChI is InChI=1S/C27H31NO3/c1-6-31-21-11-8-19(9-12-21)22-14-25(30)28(20-10-7-17(2)18(3)13-20)23-15-27(4,5)16-24(29)26(22)23/h7-13,22H,6,14-16H2,1-5H3. The van der Waals surface area contributed by atoms with Crippen LogP contribution in [0, 0.1) is 19.3 Å². The van der Waals surface area contributed by atoms with E-state index in [1.54, 1.807) is 0 Å². The van der Waals surface area contributed by atoms with Gasteiger partial charge in [0.05, 0.1) is 6.61 Å². The van der Waals surface area contributed by atoms with E-state index in [1.807, 2.05) is 48.2 Å². The van der Waals surface area contributed by atoms with Crippen LogP contribution in [0.25, 0.3) is 0 Å². The van der Waals surface area contributed by atoms with Crippen molar-refractivity contribution in [2.75, 3.05) is 11.5 Å². The number of aryl methyl sites for hydroxylation is 2. The lowest BCUT2D eigenvalue weighted by atomic mass is 9.69. The van der Waals surface area contributed by atoms with Crippen molar-refractivity contribution in [1.29, 1.82) is 0 Å². The summed E-state index contributed by atoms with van der Waals surface area (Å²) in [6, 6.07) is 13.9. The minimum Gasteiger partial charge on any atom is -0.494 e. The molecule has 1 unspecified atom stereocenters. The van der Waals surface area contributed by atoms with Gasteiger partial charge in [0.2, 0.25) is 5.91 Å². The first kappa shape index (κ1) is 21.4. The molecule has 2 aromatic carbocycles. The van der Waals surface area contributed by atoms with Gasteiger partial charge in [-0.3, -0.25) is 14.5 Å². The van der Waals surface area contributed by atoms with Crippen LogP contribution in [0.4, 0.5) is 5.69 Å². The van der Waals surface area contributed by atoms with Crippen LogP contribution in [-0.4, -0.2) is 18.3 Å². The topological polar surface area (TPSA) is 46.6 Å². The Morgan fingerprint density at radius 3 is 2.35 bits per heavy atom. The van der Waals surface area contributed by atoms with Gasteiger partial charge < -0.3 is 4.74 Å². The van der Waals surface area contributed by atoms with Crippen molar-refractivity contribution in [3.63, 3.8) is 0 Å². The summed E-state index contributed by atoms with van der Waals surface area (Å²) < 4.78 is 5.57. The first-order valence-corrected chi connectivity index (χ1v) is 11.1. The fraction of sp³-hybridized carbons (Fsp3) is 0.407. The second-order valence-electron chi connectivity index (χ2n) is 9.56. The van der Waals surface area contributed by atoms with E-state index < -0.39 is 0 Å². The molecule has 4 rings (SSSR count). The Balaban J connectivity index is 1.84. The highest BCUT2D eigenvalue weighted by Gasteiger charge is 2.44. The maximum Gasteiger partial charge on any atom is 0.232 e. The molecule has 0 radical (unpaired) electrons. The number of hydrogen-bond acceptors (Lipinski definition) is 3. The van der Waals surface area contributed by atoms with Crippen molar-refractivity contribution in [1.82, 2.24) is 0 Å². The van der Waals surface area contributed by atoms with Crippen LogP contribution in [0.15, 0.2) is 53.7 Å². The molecule has 1 heterocycles. The Morgan fingerprint density at radius 1 is 1.00 bits per heavy atom. The van der Waals surface area contributed by atoms with Gasteiger partial charge in [-0.25, -0.2) is 0 Å². The molecule has 0 spiro atoms. The first-order valence-electron chi connectivity index (χ1n) is 11.1. The van der Waals surface area contributed by atoms with Crippen LogP contribution < -0.4 is 9.64 Å². The summed E-state index contributed by atoms with van der Waals surface area (Å²) in [6.07, 6.45) is 1.51. The molecule has 0 fully saturated rings. The normalized spacial score (nSPS) is 20.7. The summed E-state index contributed by atoms with van der Waals surface area (Å²) in [5.41, 5.74) is 5.70. The van der Waals surface area contributed by atoms with Gasteiger partial charge in [0.25, 0.3) is 0 Å². The molecule has 0 saturated heterocycles. The minimum absolute atomic E-state index is 0.0476. The van der Waals surface area contributed by atoms with Crippen LogP contribution >= 0.6 is 0 Å². The van der Waals surface area contributed by atoms with Crippen molar-refractivity contribution in [3.05, 3.63) is 70.4 Å². The largest absolute Gasteiger partial charge is 0.494 e. The number of nitrogens with zero attached hydrogens (tertiary/aromatic N) is 1. The summed E-state index contributed by atoms with van der Waals surface area (Å²) >= 11 is 0. The van der Waals surface area contributed by atoms with Gasteiger partial charge >= 0.3 is 0 Å². The third kappa shape index (κ3) is 4.04. The summed E-state index contributed by atoms with van der Waals surface area (Å²) in [4.78, 5) is 28.7. The fourth-order valence-corrected chi connectivity index (χ4v) is 4.83. The van der Waals surface area contributed by atoms with Gasteiger partial charge in [0.15, 0.2) is 5.78 Å². The van der Waals surface area contributed by atoms with E-state index in [0.717, 1.165) is 33.8 Å². The highest BCUT2D eigenvalue weighted by molar-refractivity contribution is 6.07. The van der Waals surface area contributed by atoms with E-state index in [1.165, 1.54) is 5.56 Å². The van der Waals surface area contributed by atoms with Crippen LogP contribution in [0.1, 0.15) is 62.6 Å². The Labute approximate surface area is 184 Å². The van der Waals surface area contributed by atoms with Crippen molar-refractivity contribution >= 4 is 17.4 Å². The third-order valence-electron chi connectivity index (χ3n) is 6.49. The third-order valence-corrected chi connectivity index (χ3v) is 6.49. The van der Waals surface area contributed by atoms with Gasteiger partial charge in [-0.1, -0.05) is 32.0 Å². The number of hydrogen-bond donors (Lipinski definition) is 0. The molecular weight excluding hydrogens is 386 g/mol. The minimum atomic E-state index is -0.204. The van der Waals surface area contributed by atoms with Crippen molar-refractivity contribution in [2.24, 2.45) is 5.41 Å². The van der Waals surface area contributed by atoms with E-state index in [2.05, 4.69) is 33.8 Å². The summed E-state index contributed by atoms with van der Waals surface area (Å²) in [7, 11) is 0. The number of carbonyl (C=O) groups excluding carboxylic acids is 2. The Morgan fingerprint density at radius 2 is 1.71 bits per heavy atom. The number of anilines is 1. The van der Waals surface area contributed by atoms with E-state index in [4.69, 9.17) is 4.74 Å². The average Bonchev–Trinajstić information content (AvgIpc) is 2.69. The number of ether oxygens (including phenoxy) is 1. The number of Topliss-reactive ketones (excluding diaryl/α,β-unsaturated/α-hetero) is 1. The summed E-state index contributed by atoms with van der Waals surface area (Å²) in [5.74, 6) is 0.804. The molecule has 162 valence electrons. The van der Waals surface area contributed by atoms with Crippen molar-refractivity contribution in [3.8, 4) is 5.75 Å². The van der Waals surface area contributed by atoms with Gasteiger partial charge in [-0.05, 0) is 73.6 Å². The number of benzene rings is 2. The highest BCUT2D eigenvalue weighted by atomic mass is 16.5. The predicted octanol–water partition coefficient (Wildman–Crippen LogP) is 5.87. The second-order valence-corrected chi connectivity index (χ2v) is 9.56. The molecule has 4 heteroatoms. The molecule has 1 aliphatic heterocycles. The lowest BCUT2D eigenvalue weighted by molar-refractivity contribution is -0.121. The number of allylic oxidation sites excluding steroid dienone is 2. The zero-order chi connectivity index (χ0) is 22.3. The fourth-order valence-electron chi connectivity index (χ4n) is 4.83. The summed E-state index contributed by atoms with van der Waals surface area (Å²) in [6.45, 7) is 10.9. The Bertz CT molecular complexity index is 1060. The van der Waals surface area contributed by atoms with Gasteiger partial charge in [0, 0.05) is 35.7 Å². The molecular formula is C27H31NO3. The smallest absolute Gasteiger partial charge is 0.232 e. The number of amides is 1. The Hall–Kier alpha value is -2.88. The molecule has 0 saturated carbocycles. The summed E-state index contributed by atoms with van der Waals surface area (Å²) in [5, 5.41) is 0. The van der Waals surface area contributed by atoms with E-state index in [9.17, 15) is 9.59 Å². The monoisotopic (exact) mass is 417 g/mol. The zero-order valence-corrected chi connectivity index (χ0v) is 19.1. The van der Waals surface area contributed by atoms with Crippen LogP contribution in [-0.2, 0) is 9.59 Å². The number of carbonyl (C=O) groups is 2. The molecule has 31 heavy (non-hydrogen) atoms. The molecule has 2 aromatic rings. The first-order chi connectivity index (χ1) is 14.7. The molecule has 1 aliphatic carbocycles. The second kappa shape index (κ2) is 7.99. The zero-order valence-electron chi connectivity index (χ0n) is 19.1. The lowest BCUT2D eigenvalue weighted by Gasteiger charge is -2.43. The molecule has 0 N–H and O–H groups in total. The molecule has 0 bridgehead atoms. The number of rotatable bonds is 4. The molecule has 4 nitrogen and oxygen atoms in total. The molecule has 2 aliphatic rings. The quantitative estimate of drug-likeness (QED) is 0.625. The number of ketones is 1. The van der Waals surface area contributed by atoms with E-state index >= 15 is 0 Å². The van der Waals surface area contributed by atoms with E-state index in [-0.39, 0.29) is 23.0 Å². The Kier molecular flexibility index (Phi) is 5.50. The lowest BCUT2D eigenvalue weighted by Crippen LogP contribution is -2.43. The van der Waals surface area contributed by atoms with Crippen molar-refractivity contribution in [2.45, 2.75) is 59.8 Å². The SMILES string of the molecule is CCOc1ccc(C2CC(=O)N(c3ccc(C)c(C)c3)C3=C2C(=O)CC(C)(C)C3)cc1. The highest BCUT2D eigenvalue weighted by Crippen LogP contribution is 2.48. The van der Waals surface area contributed by atoms with Gasteiger partial charge in [0.1, 0.15) is 5.75 Å². The van der Waals surface area contributed by atoms with Crippen LogP contribution in [0.3, 0.4) is 0 Å².